The molecule has 0 amide bonds. The van der Waals surface area contributed by atoms with Crippen LogP contribution in [0.5, 0.6) is 0 Å². The van der Waals surface area contributed by atoms with Crippen LogP contribution in [0.25, 0.3) is 5.57 Å². The van der Waals surface area contributed by atoms with Gasteiger partial charge in [-0.25, -0.2) is 0 Å². The Morgan fingerprint density at radius 1 is 0.771 bits per heavy atom. The highest BCUT2D eigenvalue weighted by Gasteiger charge is 2.25. The molecule has 0 saturated heterocycles. The first-order valence-corrected chi connectivity index (χ1v) is 12.1. The second-order valence-electron chi connectivity index (χ2n) is 10.3. The normalized spacial score (nSPS) is 12.0. The summed E-state index contributed by atoms with van der Waals surface area (Å²) >= 11 is 0. The van der Waals surface area contributed by atoms with Gasteiger partial charge in [-0.15, -0.1) is 0 Å². The third-order valence-corrected chi connectivity index (χ3v) is 5.77. The Labute approximate surface area is 210 Å². The molecule has 1 atom stereocenters. The Balaban J connectivity index is 2.10. The van der Waals surface area contributed by atoms with Gasteiger partial charge in [0.1, 0.15) is 5.60 Å². The van der Waals surface area contributed by atoms with Crippen LogP contribution >= 0.6 is 0 Å². The molecule has 3 aromatic rings. The second kappa shape index (κ2) is 11.3. The Bertz CT molecular complexity index is 1070. The molecule has 184 valence electrons. The van der Waals surface area contributed by atoms with Crippen molar-refractivity contribution in [2.24, 2.45) is 5.92 Å². The van der Waals surface area contributed by atoms with E-state index >= 15 is 0 Å². The summed E-state index contributed by atoms with van der Waals surface area (Å²) in [6.45, 7) is 5.74. The van der Waals surface area contributed by atoms with Crippen molar-refractivity contribution < 1.29 is 9.53 Å². The monoisotopic (exact) mass is 470 g/mol. The largest absolute Gasteiger partial charge is 0.460 e. The van der Waals surface area contributed by atoms with Gasteiger partial charge in [0, 0.05) is 39.6 Å². The molecule has 0 heterocycles. The topological polar surface area (TPSA) is 32.8 Å². The highest BCUT2D eigenvalue weighted by molar-refractivity contribution is 5.85. The fourth-order valence-electron chi connectivity index (χ4n) is 3.89. The van der Waals surface area contributed by atoms with Gasteiger partial charge in [0.05, 0.1) is 5.92 Å². The molecule has 0 aliphatic heterocycles. The minimum atomic E-state index is -0.555. The summed E-state index contributed by atoms with van der Waals surface area (Å²) in [6, 6.07) is 27.0. The predicted molar refractivity (Wildman–Crippen MR) is 148 cm³/mol. The highest BCUT2D eigenvalue weighted by Crippen LogP contribution is 2.30. The molecule has 0 fully saturated rings. The molecule has 0 unspecified atom stereocenters. The maximum Gasteiger partial charge on any atom is 0.313 e. The second-order valence-corrected chi connectivity index (χ2v) is 10.3. The number of rotatable bonds is 8. The van der Waals surface area contributed by atoms with E-state index in [0.29, 0.717) is 6.42 Å². The van der Waals surface area contributed by atoms with E-state index < -0.39 is 11.5 Å². The lowest BCUT2D eigenvalue weighted by Crippen LogP contribution is -2.29. The lowest BCUT2D eigenvalue weighted by molar-refractivity contribution is -0.158. The van der Waals surface area contributed by atoms with Crippen LogP contribution in [0.4, 0.5) is 11.4 Å². The van der Waals surface area contributed by atoms with E-state index in [1.54, 1.807) is 0 Å². The Kier molecular flexibility index (Phi) is 8.39. The van der Waals surface area contributed by atoms with Crippen molar-refractivity contribution in [2.75, 3.05) is 38.0 Å². The summed E-state index contributed by atoms with van der Waals surface area (Å²) in [4.78, 5) is 17.5. The number of hydrogen-bond acceptors (Lipinski definition) is 4. The summed E-state index contributed by atoms with van der Waals surface area (Å²) in [7, 11) is 8.13. The summed E-state index contributed by atoms with van der Waals surface area (Å²) < 4.78 is 5.85. The Hall–Kier alpha value is -3.53. The number of carbonyl (C=O) groups is 1. The molecule has 0 radical (unpaired) electrons. The van der Waals surface area contributed by atoms with Crippen LogP contribution in [0.2, 0.25) is 0 Å². The van der Waals surface area contributed by atoms with Crippen molar-refractivity contribution in [3.05, 3.63) is 102 Å². The quantitative estimate of drug-likeness (QED) is 0.354. The molecule has 0 saturated carbocycles. The van der Waals surface area contributed by atoms with Gasteiger partial charge in [0.25, 0.3) is 0 Å². The first kappa shape index (κ1) is 26.1. The minimum absolute atomic E-state index is 0.214. The molecule has 35 heavy (non-hydrogen) atoms. The van der Waals surface area contributed by atoms with Crippen LogP contribution in [-0.2, 0) is 16.0 Å². The third-order valence-electron chi connectivity index (χ3n) is 5.77. The molecule has 3 rings (SSSR count). The molecule has 0 aliphatic rings. The zero-order valence-electron chi connectivity index (χ0n) is 22.1. The first-order valence-electron chi connectivity index (χ1n) is 12.1. The van der Waals surface area contributed by atoms with Crippen LogP contribution in [-0.4, -0.2) is 39.8 Å². The Morgan fingerprint density at radius 2 is 1.23 bits per heavy atom. The van der Waals surface area contributed by atoms with Crippen LogP contribution in [0.1, 0.15) is 37.5 Å². The molecule has 0 spiro atoms. The number of hydrogen-bond donors (Lipinski definition) is 0. The predicted octanol–water partition coefficient (Wildman–Crippen LogP) is 6.45. The number of carbonyl (C=O) groups excluding carboxylic acids is 1. The van der Waals surface area contributed by atoms with Crippen molar-refractivity contribution in [2.45, 2.75) is 32.8 Å². The molecule has 4 heteroatoms. The van der Waals surface area contributed by atoms with Crippen molar-refractivity contribution >= 4 is 22.9 Å². The maximum absolute atomic E-state index is 13.4. The molecule has 0 aromatic heterocycles. The van der Waals surface area contributed by atoms with Crippen LogP contribution in [0, 0.1) is 5.92 Å². The maximum atomic E-state index is 13.4. The SMILES string of the molecule is CN(C)c1ccc(C(=C[C@@H](Cc2ccccc2)C(=O)OC(C)(C)C)c2ccc(N(C)C)cc2)cc1. The molecular weight excluding hydrogens is 432 g/mol. The Morgan fingerprint density at radius 3 is 1.63 bits per heavy atom. The number of esters is 1. The van der Waals surface area contributed by atoms with E-state index in [-0.39, 0.29) is 5.97 Å². The van der Waals surface area contributed by atoms with Crippen LogP contribution in [0.15, 0.2) is 84.9 Å². The van der Waals surface area contributed by atoms with Gasteiger partial charge >= 0.3 is 5.97 Å². The summed E-state index contributed by atoms with van der Waals surface area (Å²) in [5.74, 6) is -0.637. The van der Waals surface area contributed by atoms with Crippen molar-refractivity contribution in [1.82, 2.24) is 0 Å². The molecule has 0 aliphatic carbocycles. The molecule has 3 aromatic carbocycles. The van der Waals surface area contributed by atoms with Gasteiger partial charge in [-0.1, -0.05) is 60.7 Å². The van der Waals surface area contributed by atoms with Crippen LogP contribution < -0.4 is 9.80 Å². The van der Waals surface area contributed by atoms with Crippen molar-refractivity contribution in [1.29, 1.82) is 0 Å². The van der Waals surface area contributed by atoms with Crippen molar-refractivity contribution in [3.8, 4) is 0 Å². The van der Waals surface area contributed by atoms with Gasteiger partial charge in [-0.05, 0) is 73.7 Å². The lowest BCUT2D eigenvalue weighted by Gasteiger charge is -2.24. The number of nitrogens with zero attached hydrogens (tertiary/aromatic N) is 2. The lowest BCUT2D eigenvalue weighted by atomic mass is 9.90. The standard InChI is InChI=1S/C31H38N2O2/c1-31(2,3)35-30(34)26(21-23-11-9-8-10-12-23)22-29(24-13-17-27(18-14-24)32(4)5)25-15-19-28(20-16-25)33(6)7/h8-20,22,26H,21H2,1-7H3/t26-/m1/s1. The van der Waals surface area contributed by atoms with Gasteiger partial charge in [-0.2, -0.15) is 0 Å². The van der Waals surface area contributed by atoms with Crippen molar-refractivity contribution in [3.63, 3.8) is 0 Å². The molecule has 0 N–H and O–H groups in total. The summed E-state index contributed by atoms with van der Waals surface area (Å²) in [5.41, 5.74) is 5.95. The number of benzene rings is 3. The number of ether oxygens (including phenoxy) is 1. The molecule has 0 bridgehead atoms. The highest BCUT2D eigenvalue weighted by atomic mass is 16.6. The molecular formula is C31H38N2O2. The van der Waals surface area contributed by atoms with E-state index in [9.17, 15) is 4.79 Å². The van der Waals surface area contributed by atoms with Crippen LogP contribution in [0.3, 0.4) is 0 Å². The fraction of sp³-hybridized carbons (Fsp3) is 0.323. The van der Waals surface area contributed by atoms with E-state index in [1.165, 1.54) is 0 Å². The van der Waals surface area contributed by atoms with E-state index in [1.807, 2.05) is 67.2 Å². The zero-order chi connectivity index (χ0) is 25.6. The van der Waals surface area contributed by atoms with Gasteiger partial charge in [0.15, 0.2) is 0 Å². The van der Waals surface area contributed by atoms with E-state index in [2.05, 4.69) is 76.5 Å². The summed E-state index contributed by atoms with van der Waals surface area (Å²) in [6.07, 6.45) is 2.65. The average molecular weight is 471 g/mol. The first-order chi connectivity index (χ1) is 16.5. The average Bonchev–Trinajstić information content (AvgIpc) is 2.81. The van der Waals surface area contributed by atoms with E-state index in [0.717, 1.165) is 33.6 Å². The third kappa shape index (κ3) is 7.48. The molecule has 4 nitrogen and oxygen atoms in total. The van der Waals surface area contributed by atoms with Gasteiger partial charge < -0.3 is 14.5 Å². The van der Waals surface area contributed by atoms with E-state index in [4.69, 9.17) is 4.74 Å². The number of anilines is 2. The van der Waals surface area contributed by atoms with Gasteiger partial charge in [0.2, 0.25) is 0 Å². The minimum Gasteiger partial charge on any atom is -0.460 e. The zero-order valence-corrected chi connectivity index (χ0v) is 22.1. The fourth-order valence-corrected chi connectivity index (χ4v) is 3.89. The van der Waals surface area contributed by atoms with Gasteiger partial charge in [-0.3, -0.25) is 4.79 Å². The smallest absolute Gasteiger partial charge is 0.313 e. The summed E-state index contributed by atoms with van der Waals surface area (Å²) in [5, 5.41) is 0.